The number of anilines is 1. The first-order chi connectivity index (χ1) is 14.0. The molecule has 2 aliphatic heterocycles. The van der Waals surface area contributed by atoms with Crippen LogP contribution in [-0.4, -0.2) is 41.8 Å². The lowest BCUT2D eigenvalue weighted by Gasteiger charge is -2.20. The Morgan fingerprint density at radius 3 is 2.69 bits per heavy atom. The molecule has 2 N–H and O–H groups in total. The van der Waals surface area contributed by atoms with Crippen LogP contribution in [0.2, 0.25) is 0 Å². The maximum Gasteiger partial charge on any atom is 0.355 e. The largest absolute Gasteiger partial charge is 0.452 e. The molecule has 29 heavy (non-hydrogen) atoms. The topological polar surface area (TPSA) is 116 Å². The third-order valence-corrected chi connectivity index (χ3v) is 5.72. The number of esters is 1. The van der Waals surface area contributed by atoms with Crippen LogP contribution >= 0.6 is 11.3 Å². The van der Waals surface area contributed by atoms with Gasteiger partial charge in [0.25, 0.3) is 0 Å². The Labute approximate surface area is 171 Å². The second-order valence-corrected chi connectivity index (χ2v) is 7.66. The molecule has 2 unspecified atom stereocenters. The van der Waals surface area contributed by atoms with E-state index < -0.39 is 30.3 Å². The molecule has 1 saturated heterocycles. The van der Waals surface area contributed by atoms with Crippen LogP contribution in [0.5, 0.6) is 0 Å². The van der Waals surface area contributed by atoms with Crippen molar-refractivity contribution < 1.29 is 23.8 Å². The molecule has 3 heterocycles. The molecule has 0 radical (unpaired) electrons. The summed E-state index contributed by atoms with van der Waals surface area (Å²) in [5.74, 6) is -1.15. The molecular formula is C19H20N4O5S. The van der Waals surface area contributed by atoms with Crippen molar-refractivity contribution in [3.05, 3.63) is 46.4 Å². The highest BCUT2D eigenvalue weighted by molar-refractivity contribution is 7.11. The molecule has 4 rings (SSSR count). The normalized spacial score (nSPS) is 20.5. The summed E-state index contributed by atoms with van der Waals surface area (Å²) in [5, 5.41) is 6.44. The maximum absolute atomic E-state index is 12.6. The van der Waals surface area contributed by atoms with Gasteiger partial charge in [0.15, 0.2) is 0 Å². The van der Waals surface area contributed by atoms with E-state index in [0.29, 0.717) is 23.9 Å². The van der Waals surface area contributed by atoms with Crippen LogP contribution in [0.3, 0.4) is 0 Å². The Morgan fingerprint density at radius 2 is 2.00 bits per heavy atom. The van der Waals surface area contributed by atoms with Crippen molar-refractivity contribution in [1.82, 2.24) is 4.98 Å². The number of benzene rings is 1. The number of hydrogen-bond donors (Lipinski definition) is 1. The van der Waals surface area contributed by atoms with Gasteiger partial charge in [-0.15, -0.1) is 11.3 Å². The zero-order valence-electron chi connectivity index (χ0n) is 15.7. The molecule has 9 nitrogen and oxygen atoms in total. The first-order valence-corrected chi connectivity index (χ1v) is 9.95. The number of carbonyl (C=O) groups excluding carboxylic acids is 2. The van der Waals surface area contributed by atoms with Crippen molar-refractivity contribution in [2.75, 3.05) is 18.2 Å². The SMILES string of the molecule is CC(OC(=O)C1=NN(c2ccccc2)C(C(N)=O)C1)c1cnc(C2OCCO2)s1. The monoisotopic (exact) mass is 416 g/mol. The molecule has 0 spiro atoms. The van der Waals surface area contributed by atoms with E-state index in [9.17, 15) is 9.59 Å². The van der Waals surface area contributed by atoms with Crippen LogP contribution in [0.1, 0.15) is 35.6 Å². The Bertz CT molecular complexity index is 926. The third kappa shape index (κ3) is 4.14. The summed E-state index contributed by atoms with van der Waals surface area (Å²) >= 11 is 1.36. The van der Waals surface area contributed by atoms with Crippen molar-refractivity contribution in [3.63, 3.8) is 0 Å². The Balaban J connectivity index is 1.45. The Morgan fingerprint density at radius 1 is 1.28 bits per heavy atom. The summed E-state index contributed by atoms with van der Waals surface area (Å²) in [6.07, 6.45) is 0.734. The van der Waals surface area contributed by atoms with Crippen molar-refractivity contribution in [2.45, 2.75) is 31.8 Å². The number of rotatable bonds is 6. The predicted molar refractivity (Wildman–Crippen MR) is 105 cm³/mol. The van der Waals surface area contributed by atoms with Gasteiger partial charge in [-0.25, -0.2) is 9.78 Å². The molecule has 152 valence electrons. The van der Waals surface area contributed by atoms with Crippen molar-refractivity contribution in [2.24, 2.45) is 10.8 Å². The van der Waals surface area contributed by atoms with Crippen molar-refractivity contribution in [1.29, 1.82) is 0 Å². The standard InChI is InChI=1S/C19H20N4O5S/c1-11(15-10-21-17(29-15)19-26-7-8-27-19)28-18(25)13-9-14(16(20)24)23(22-13)12-5-3-2-4-6-12/h2-6,10-11,14,19H,7-9H2,1H3,(H2,20,24). The highest BCUT2D eigenvalue weighted by Crippen LogP contribution is 2.32. The Kier molecular flexibility index (Phi) is 5.56. The van der Waals surface area contributed by atoms with E-state index in [0.717, 1.165) is 4.88 Å². The molecular weight excluding hydrogens is 396 g/mol. The number of hydrazone groups is 1. The van der Waals surface area contributed by atoms with E-state index in [1.54, 1.807) is 25.3 Å². The van der Waals surface area contributed by atoms with Crippen LogP contribution < -0.4 is 10.7 Å². The summed E-state index contributed by atoms with van der Waals surface area (Å²) in [6.45, 7) is 2.81. The van der Waals surface area contributed by atoms with Crippen LogP contribution in [-0.2, 0) is 23.8 Å². The summed E-state index contributed by atoms with van der Waals surface area (Å²) in [6, 6.07) is 8.35. The van der Waals surface area contributed by atoms with Crippen LogP contribution in [0.4, 0.5) is 5.69 Å². The molecule has 0 aliphatic carbocycles. The minimum Gasteiger partial charge on any atom is -0.452 e. The molecule has 2 atom stereocenters. The highest BCUT2D eigenvalue weighted by Gasteiger charge is 2.36. The summed E-state index contributed by atoms with van der Waals surface area (Å²) in [5.41, 5.74) is 6.33. The van der Waals surface area contributed by atoms with Crippen LogP contribution in [0.15, 0.2) is 41.6 Å². The number of thiazole rings is 1. The fraction of sp³-hybridized carbons (Fsp3) is 0.368. The van der Waals surface area contributed by atoms with Gasteiger partial charge in [-0.2, -0.15) is 5.10 Å². The number of amides is 1. The molecule has 1 aromatic heterocycles. The van der Waals surface area contributed by atoms with Gasteiger partial charge in [0.05, 0.1) is 23.8 Å². The smallest absolute Gasteiger partial charge is 0.355 e. The van der Waals surface area contributed by atoms with Crippen molar-refractivity contribution in [3.8, 4) is 0 Å². The van der Waals surface area contributed by atoms with E-state index in [-0.39, 0.29) is 12.1 Å². The lowest BCUT2D eigenvalue weighted by Crippen LogP contribution is -2.39. The lowest BCUT2D eigenvalue weighted by atomic mass is 10.1. The number of carbonyl (C=O) groups is 2. The number of hydrogen-bond acceptors (Lipinski definition) is 9. The third-order valence-electron chi connectivity index (χ3n) is 4.54. The van der Waals surface area contributed by atoms with Crippen molar-refractivity contribution >= 4 is 34.6 Å². The molecule has 2 aliphatic rings. The van der Waals surface area contributed by atoms with Gasteiger partial charge in [-0.05, 0) is 19.1 Å². The second-order valence-electron chi connectivity index (χ2n) is 6.57. The zero-order valence-corrected chi connectivity index (χ0v) is 16.5. The van der Waals surface area contributed by atoms with E-state index in [4.69, 9.17) is 19.9 Å². The fourth-order valence-electron chi connectivity index (χ4n) is 3.06. The van der Waals surface area contributed by atoms with Gasteiger partial charge in [-0.1, -0.05) is 18.2 Å². The van der Waals surface area contributed by atoms with Gasteiger partial charge < -0.3 is 19.9 Å². The maximum atomic E-state index is 12.6. The zero-order chi connectivity index (χ0) is 20.4. The van der Waals surface area contributed by atoms with Crippen LogP contribution in [0.25, 0.3) is 0 Å². The van der Waals surface area contributed by atoms with E-state index in [2.05, 4.69) is 10.1 Å². The second kappa shape index (κ2) is 8.27. The molecule has 1 aromatic carbocycles. The minimum atomic E-state index is -0.734. The number of ether oxygens (including phenoxy) is 3. The van der Waals surface area contributed by atoms with Crippen LogP contribution in [0, 0.1) is 0 Å². The van der Waals surface area contributed by atoms with Gasteiger partial charge in [0.1, 0.15) is 22.9 Å². The first kappa shape index (κ1) is 19.5. The number of para-hydroxylation sites is 1. The fourth-order valence-corrected chi connectivity index (χ4v) is 3.96. The minimum absolute atomic E-state index is 0.0907. The molecule has 1 fully saturated rings. The summed E-state index contributed by atoms with van der Waals surface area (Å²) < 4.78 is 16.4. The quantitative estimate of drug-likeness (QED) is 0.715. The van der Waals surface area contributed by atoms with Gasteiger partial charge in [0.2, 0.25) is 12.2 Å². The lowest BCUT2D eigenvalue weighted by molar-refractivity contribution is -0.140. The van der Waals surface area contributed by atoms with E-state index in [1.165, 1.54) is 16.3 Å². The average Bonchev–Trinajstić information content (AvgIpc) is 3.48. The van der Waals surface area contributed by atoms with Gasteiger partial charge in [-0.3, -0.25) is 9.80 Å². The predicted octanol–water partition coefficient (Wildman–Crippen LogP) is 1.91. The number of aromatic nitrogens is 1. The Hall–Kier alpha value is -2.82. The van der Waals surface area contributed by atoms with Gasteiger partial charge in [0, 0.05) is 12.6 Å². The first-order valence-electron chi connectivity index (χ1n) is 9.14. The highest BCUT2D eigenvalue weighted by atomic mass is 32.1. The van der Waals surface area contributed by atoms with E-state index in [1.807, 2.05) is 18.2 Å². The number of nitrogens with zero attached hydrogens (tertiary/aromatic N) is 3. The molecule has 0 saturated carbocycles. The molecule has 10 heteroatoms. The summed E-state index contributed by atoms with van der Waals surface area (Å²) in [7, 11) is 0. The molecule has 2 aromatic rings. The average molecular weight is 416 g/mol. The molecule has 1 amide bonds. The molecule has 0 bridgehead atoms. The number of primary amides is 1. The van der Waals surface area contributed by atoms with E-state index >= 15 is 0 Å². The van der Waals surface area contributed by atoms with Gasteiger partial charge >= 0.3 is 5.97 Å². The number of nitrogens with two attached hydrogens (primary N) is 1. The summed E-state index contributed by atoms with van der Waals surface area (Å²) in [4.78, 5) is 29.5.